The van der Waals surface area contributed by atoms with Crippen LogP contribution >= 0.6 is 0 Å². The molecule has 6 heteroatoms. The summed E-state index contributed by atoms with van der Waals surface area (Å²) in [6, 6.07) is 4.72. The Balaban J connectivity index is 1.91. The van der Waals surface area contributed by atoms with E-state index in [1.54, 1.807) is 0 Å². The van der Waals surface area contributed by atoms with Crippen LogP contribution in [-0.2, 0) is 18.8 Å². The SMILES string of the molecule is CC1(C)OB(c2cc(F)cc(C3OC(C)(C)C(C)(C)O3)c2)OC1(C)C. The minimum absolute atomic E-state index is 0.364. The van der Waals surface area contributed by atoms with Gasteiger partial charge in [-0.3, -0.25) is 0 Å². The lowest BCUT2D eigenvalue weighted by Crippen LogP contribution is -2.41. The Labute approximate surface area is 150 Å². The summed E-state index contributed by atoms with van der Waals surface area (Å²) in [5.41, 5.74) is -0.655. The van der Waals surface area contributed by atoms with Gasteiger partial charge in [-0.15, -0.1) is 0 Å². The van der Waals surface area contributed by atoms with Crippen molar-refractivity contribution in [3.8, 4) is 0 Å². The Kier molecular flexibility index (Phi) is 4.16. The number of hydrogen-bond donors (Lipinski definition) is 0. The molecule has 0 aromatic heterocycles. The molecular formula is C19H28BFO4. The normalized spacial score (nSPS) is 27.0. The van der Waals surface area contributed by atoms with Gasteiger partial charge in [-0.1, -0.05) is 6.07 Å². The van der Waals surface area contributed by atoms with Crippen molar-refractivity contribution in [1.82, 2.24) is 0 Å². The Hall–Kier alpha value is -0.945. The van der Waals surface area contributed by atoms with Crippen LogP contribution in [0.1, 0.15) is 67.2 Å². The summed E-state index contributed by atoms with van der Waals surface area (Å²) in [7, 11) is -0.623. The minimum atomic E-state index is -0.623. The number of hydrogen-bond acceptors (Lipinski definition) is 4. The molecule has 2 aliphatic heterocycles. The van der Waals surface area contributed by atoms with E-state index in [1.807, 2.05) is 61.5 Å². The van der Waals surface area contributed by atoms with Crippen LogP contribution in [-0.4, -0.2) is 29.5 Å². The maximum absolute atomic E-state index is 14.3. The molecule has 25 heavy (non-hydrogen) atoms. The second-order valence-corrected chi connectivity index (χ2v) is 8.99. The maximum atomic E-state index is 14.3. The molecule has 2 heterocycles. The van der Waals surface area contributed by atoms with Crippen molar-refractivity contribution in [3.05, 3.63) is 29.6 Å². The molecule has 2 aliphatic rings. The smallest absolute Gasteiger partial charge is 0.399 e. The second-order valence-electron chi connectivity index (χ2n) is 8.99. The highest BCUT2D eigenvalue weighted by Gasteiger charge is 2.53. The summed E-state index contributed by atoms with van der Waals surface area (Å²) in [4.78, 5) is 0. The molecule has 0 saturated carbocycles. The van der Waals surface area contributed by atoms with Crippen LogP contribution in [0.4, 0.5) is 4.39 Å². The van der Waals surface area contributed by atoms with Gasteiger partial charge in [0.05, 0.1) is 22.4 Å². The highest BCUT2D eigenvalue weighted by atomic mass is 19.1. The first-order chi connectivity index (χ1) is 11.2. The highest BCUT2D eigenvalue weighted by Crippen LogP contribution is 2.45. The molecule has 0 aliphatic carbocycles. The largest absolute Gasteiger partial charge is 0.494 e. The molecule has 0 radical (unpaired) electrons. The Morgan fingerprint density at radius 2 is 1.24 bits per heavy atom. The predicted octanol–water partition coefficient (Wildman–Crippen LogP) is 3.73. The first-order valence-electron chi connectivity index (χ1n) is 8.76. The van der Waals surface area contributed by atoms with E-state index in [2.05, 4.69) is 0 Å². The molecule has 3 rings (SSSR count). The predicted molar refractivity (Wildman–Crippen MR) is 95.2 cm³/mol. The lowest BCUT2D eigenvalue weighted by Gasteiger charge is -2.32. The third-order valence-electron chi connectivity index (χ3n) is 5.99. The zero-order valence-electron chi connectivity index (χ0n) is 16.4. The van der Waals surface area contributed by atoms with Gasteiger partial charge >= 0.3 is 7.12 Å². The van der Waals surface area contributed by atoms with Crippen LogP contribution in [0.5, 0.6) is 0 Å². The summed E-state index contributed by atoms with van der Waals surface area (Å²) in [5, 5.41) is 0. The summed E-state index contributed by atoms with van der Waals surface area (Å²) in [5.74, 6) is -0.364. The fourth-order valence-corrected chi connectivity index (χ4v) is 2.87. The Morgan fingerprint density at radius 1 is 0.760 bits per heavy atom. The van der Waals surface area contributed by atoms with Crippen LogP contribution in [0.2, 0.25) is 0 Å². The van der Waals surface area contributed by atoms with Crippen LogP contribution in [0.15, 0.2) is 18.2 Å². The van der Waals surface area contributed by atoms with E-state index in [0.29, 0.717) is 11.0 Å². The van der Waals surface area contributed by atoms with Crippen molar-refractivity contribution >= 4 is 12.6 Å². The van der Waals surface area contributed by atoms with Gasteiger partial charge in [0.1, 0.15) is 5.82 Å². The van der Waals surface area contributed by atoms with E-state index in [4.69, 9.17) is 18.8 Å². The van der Waals surface area contributed by atoms with E-state index >= 15 is 0 Å². The monoisotopic (exact) mass is 350 g/mol. The van der Waals surface area contributed by atoms with E-state index in [0.717, 1.165) is 0 Å². The molecule has 1 aromatic carbocycles. The van der Waals surface area contributed by atoms with Gasteiger partial charge in [0, 0.05) is 5.56 Å². The molecule has 1 aromatic rings. The number of halogens is 1. The van der Waals surface area contributed by atoms with Gasteiger partial charge in [-0.05, 0) is 73.0 Å². The van der Waals surface area contributed by atoms with Crippen molar-refractivity contribution in [2.45, 2.75) is 84.1 Å². The number of benzene rings is 1. The van der Waals surface area contributed by atoms with E-state index in [9.17, 15) is 4.39 Å². The average Bonchev–Trinajstić information content (AvgIpc) is 2.78. The molecule has 0 N–H and O–H groups in total. The molecule has 0 atom stereocenters. The fourth-order valence-electron chi connectivity index (χ4n) is 2.87. The van der Waals surface area contributed by atoms with Crippen molar-refractivity contribution in [2.24, 2.45) is 0 Å². The van der Waals surface area contributed by atoms with Gasteiger partial charge in [-0.25, -0.2) is 4.39 Å². The zero-order valence-corrected chi connectivity index (χ0v) is 16.4. The first-order valence-corrected chi connectivity index (χ1v) is 8.76. The molecule has 0 spiro atoms. The average molecular weight is 350 g/mol. The van der Waals surface area contributed by atoms with Gasteiger partial charge in [0.15, 0.2) is 6.29 Å². The van der Waals surface area contributed by atoms with Crippen molar-refractivity contribution < 1.29 is 23.2 Å². The van der Waals surface area contributed by atoms with Crippen molar-refractivity contribution in [2.75, 3.05) is 0 Å². The molecule has 2 saturated heterocycles. The van der Waals surface area contributed by atoms with Gasteiger partial charge in [0.25, 0.3) is 0 Å². The van der Waals surface area contributed by atoms with Crippen LogP contribution in [0.25, 0.3) is 0 Å². The van der Waals surface area contributed by atoms with E-state index in [-0.39, 0.29) is 5.82 Å². The standard InChI is InChI=1S/C19H28BFO4/c1-16(2)17(3,4)23-15(22-16)12-9-13(11-14(21)10-12)20-24-18(5,6)19(7,8)25-20/h9-11,15H,1-8H3. The number of ether oxygens (including phenoxy) is 2. The lowest BCUT2D eigenvalue weighted by atomic mass is 9.78. The first kappa shape index (κ1) is 18.8. The molecule has 4 nitrogen and oxygen atoms in total. The molecule has 138 valence electrons. The molecule has 0 amide bonds. The maximum Gasteiger partial charge on any atom is 0.494 e. The van der Waals surface area contributed by atoms with Gasteiger partial charge < -0.3 is 18.8 Å². The third kappa shape index (κ3) is 3.14. The lowest BCUT2D eigenvalue weighted by molar-refractivity contribution is -0.0896. The topological polar surface area (TPSA) is 36.9 Å². The summed E-state index contributed by atoms with van der Waals surface area (Å²) < 4.78 is 38.4. The zero-order chi connectivity index (χ0) is 18.8. The van der Waals surface area contributed by atoms with Gasteiger partial charge in [0.2, 0.25) is 0 Å². The number of rotatable bonds is 2. The minimum Gasteiger partial charge on any atom is -0.399 e. The Morgan fingerprint density at radius 3 is 1.72 bits per heavy atom. The molecule has 2 fully saturated rings. The van der Waals surface area contributed by atoms with Crippen molar-refractivity contribution in [3.63, 3.8) is 0 Å². The molecule has 0 bridgehead atoms. The molecule has 0 unspecified atom stereocenters. The summed E-state index contributed by atoms with van der Waals surface area (Å²) >= 11 is 0. The quantitative estimate of drug-likeness (QED) is 0.762. The molecular weight excluding hydrogens is 322 g/mol. The Bertz CT molecular complexity index is 598. The van der Waals surface area contributed by atoms with Crippen LogP contribution < -0.4 is 5.46 Å². The van der Waals surface area contributed by atoms with Crippen LogP contribution in [0.3, 0.4) is 0 Å². The van der Waals surface area contributed by atoms with Crippen molar-refractivity contribution in [1.29, 1.82) is 0 Å². The second kappa shape index (κ2) is 5.52. The summed E-state index contributed by atoms with van der Waals surface area (Å²) in [6.45, 7) is 15.8. The third-order valence-corrected chi connectivity index (χ3v) is 5.99. The fraction of sp³-hybridized carbons (Fsp3) is 0.684. The summed E-state index contributed by atoms with van der Waals surface area (Å²) in [6.07, 6.45) is -0.623. The van der Waals surface area contributed by atoms with Crippen LogP contribution in [0, 0.1) is 5.82 Å². The van der Waals surface area contributed by atoms with Gasteiger partial charge in [-0.2, -0.15) is 0 Å². The highest BCUT2D eigenvalue weighted by molar-refractivity contribution is 6.62. The van der Waals surface area contributed by atoms with E-state index in [1.165, 1.54) is 12.1 Å². The van der Waals surface area contributed by atoms with E-state index < -0.39 is 35.8 Å².